The molecule has 0 radical (unpaired) electrons. The molecule has 0 spiro atoms. The van der Waals surface area contributed by atoms with Crippen molar-refractivity contribution in [3.8, 4) is 11.5 Å². The van der Waals surface area contributed by atoms with Crippen molar-refractivity contribution in [1.29, 1.82) is 0 Å². The van der Waals surface area contributed by atoms with E-state index in [1.165, 1.54) is 0 Å². The van der Waals surface area contributed by atoms with Gasteiger partial charge in [-0.1, -0.05) is 0 Å². The molecule has 1 heterocycles. The molecule has 1 aromatic carbocycles. The summed E-state index contributed by atoms with van der Waals surface area (Å²) in [6.07, 6.45) is 1.86. The van der Waals surface area contributed by atoms with E-state index in [4.69, 9.17) is 9.47 Å². The molecule has 0 unspecified atom stereocenters. The molecule has 2 rings (SSSR count). The number of halogens is 1. The molecule has 0 saturated carbocycles. The third-order valence-corrected chi connectivity index (χ3v) is 3.78. The number of amides is 1. The molecule has 1 saturated heterocycles. The largest absolute Gasteiger partial charge is 0.497 e. The van der Waals surface area contributed by atoms with Crippen molar-refractivity contribution < 1.29 is 14.3 Å². The molecule has 0 atom stereocenters. The molecule has 1 aliphatic rings. The first-order valence-corrected chi connectivity index (χ1v) is 6.83. The van der Waals surface area contributed by atoms with E-state index in [2.05, 4.69) is 17.6 Å². The normalized spacial score (nSPS) is 16.5. The van der Waals surface area contributed by atoms with E-state index in [9.17, 15) is 4.79 Å². The number of carbonyl (C=O) groups excluding carboxylic acids is 1. The number of rotatable bonds is 4. The fourth-order valence-electron chi connectivity index (χ4n) is 2.43. The van der Waals surface area contributed by atoms with E-state index in [1.54, 1.807) is 32.4 Å². The van der Waals surface area contributed by atoms with Crippen molar-refractivity contribution in [1.82, 2.24) is 10.6 Å². The molecule has 2 N–H and O–H groups in total. The first-order valence-electron chi connectivity index (χ1n) is 6.83. The number of hydrogen-bond acceptors (Lipinski definition) is 4. The topological polar surface area (TPSA) is 59.6 Å². The average molecular weight is 315 g/mol. The minimum atomic E-state index is -0.159. The molecule has 1 aliphatic heterocycles. The van der Waals surface area contributed by atoms with Gasteiger partial charge in [0.05, 0.1) is 19.8 Å². The molecule has 0 aliphatic carbocycles. The summed E-state index contributed by atoms with van der Waals surface area (Å²) in [6, 6.07) is 5.22. The third-order valence-electron chi connectivity index (χ3n) is 3.78. The summed E-state index contributed by atoms with van der Waals surface area (Å²) in [5, 5.41) is 6.42. The van der Waals surface area contributed by atoms with Gasteiger partial charge in [0.1, 0.15) is 11.5 Å². The Labute approximate surface area is 131 Å². The second kappa shape index (κ2) is 7.52. The van der Waals surface area contributed by atoms with Gasteiger partial charge in [-0.15, -0.1) is 12.4 Å². The summed E-state index contributed by atoms with van der Waals surface area (Å²) < 4.78 is 10.4. The highest BCUT2D eigenvalue weighted by molar-refractivity contribution is 5.97. The van der Waals surface area contributed by atoms with E-state index in [1.807, 2.05) is 0 Å². The number of benzene rings is 1. The fraction of sp³-hybridized carbons (Fsp3) is 0.533. The van der Waals surface area contributed by atoms with Gasteiger partial charge < -0.3 is 20.1 Å². The van der Waals surface area contributed by atoms with Gasteiger partial charge >= 0.3 is 0 Å². The Balaban J connectivity index is 0.00000220. The van der Waals surface area contributed by atoms with Crippen molar-refractivity contribution >= 4 is 18.3 Å². The average Bonchev–Trinajstić information content (AvgIpc) is 2.46. The lowest BCUT2D eigenvalue weighted by Crippen LogP contribution is -2.52. The molecule has 0 bridgehead atoms. The third kappa shape index (κ3) is 4.25. The van der Waals surface area contributed by atoms with Gasteiger partial charge in [-0.2, -0.15) is 0 Å². The highest BCUT2D eigenvalue weighted by Gasteiger charge is 2.29. The molecule has 0 aromatic heterocycles. The zero-order chi connectivity index (χ0) is 14.6. The monoisotopic (exact) mass is 314 g/mol. The Hall–Kier alpha value is -1.46. The van der Waals surface area contributed by atoms with Crippen molar-refractivity contribution in [3.63, 3.8) is 0 Å². The van der Waals surface area contributed by atoms with E-state index < -0.39 is 0 Å². The highest BCUT2D eigenvalue weighted by atomic mass is 35.5. The van der Waals surface area contributed by atoms with Crippen molar-refractivity contribution in [3.05, 3.63) is 23.8 Å². The van der Waals surface area contributed by atoms with Crippen LogP contribution >= 0.6 is 12.4 Å². The van der Waals surface area contributed by atoms with Gasteiger partial charge in [-0.25, -0.2) is 0 Å². The maximum Gasteiger partial charge on any atom is 0.255 e. The van der Waals surface area contributed by atoms with Crippen molar-refractivity contribution in [2.24, 2.45) is 0 Å². The summed E-state index contributed by atoms with van der Waals surface area (Å²) in [5.41, 5.74) is 0.376. The second-order valence-corrected chi connectivity index (χ2v) is 5.33. The summed E-state index contributed by atoms with van der Waals surface area (Å²) in [4.78, 5) is 12.4. The molecule has 5 nitrogen and oxygen atoms in total. The van der Waals surface area contributed by atoms with Crippen LogP contribution in [-0.4, -0.2) is 38.8 Å². The standard InChI is InChI=1S/C15H22N2O3.ClH/c1-15(6-8-16-9-7-15)17-14(18)12-5-4-11(19-2)10-13(12)20-3;/h4-5,10,16H,6-9H2,1-3H3,(H,17,18);1H. The van der Waals surface area contributed by atoms with Gasteiger partial charge in [0, 0.05) is 11.6 Å². The minimum Gasteiger partial charge on any atom is -0.497 e. The van der Waals surface area contributed by atoms with Crippen LogP contribution in [0.4, 0.5) is 0 Å². The predicted octanol–water partition coefficient (Wildman–Crippen LogP) is 2.00. The SMILES string of the molecule is COc1ccc(C(=O)NC2(C)CCNCC2)c(OC)c1.Cl. The predicted molar refractivity (Wildman–Crippen MR) is 84.8 cm³/mol. The van der Waals surface area contributed by atoms with Crippen LogP contribution in [0, 0.1) is 0 Å². The Kier molecular flexibility index (Phi) is 6.30. The van der Waals surface area contributed by atoms with Crippen LogP contribution in [-0.2, 0) is 0 Å². The quantitative estimate of drug-likeness (QED) is 0.892. The van der Waals surface area contributed by atoms with E-state index >= 15 is 0 Å². The Morgan fingerprint density at radius 2 is 1.90 bits per heavy atom. The fourth-order valence-corrected chi connectivity index (χ4v) is 2.43. The summed E-state index contributed by atoms with van der Waals surface area (Å²) in [7, 11) is 3.14. The maximum atomic E-state index is 12.4. The van der Waals surface area contributed by atoms with Gasteiger partial charge in [-0.05, 0) is 45.0 Å². The Bertz CT molecular complexity index is 488. The van der Waals surface area contributed by atoms with Crippen molar-refractivity contribution in [2.45, 2.75) is 25.3 Å². The van der Waals surface area contributed by atoms with Gasteiger partial charge in [0.2, 0.25) is 0 Å². The van der Waals surface area contributed by atoms with Crippen LogP contribution in [0.25, 0.3) is 0 Å². The van der Waals surface area contributed by atoms with Gasteiger partial charge in [-0.3, -0.25) is 4.79 Å². The van der Waals surface area contributed by atoms with Crippen LogP contribution in [0.2, 0.25) is 0 Å². The van der Waals surface area contributed by atoms with E-state index in [0.717, 1.165) is 25.9 Å². The Morgan fingerprint density at radius 1 is 1.24 bits per heavy atom. The summed E-state index contributed by atoms with van der Waals surface area (Å²) in [5.74, 6) is 1.10. The summed E-state index contributed by atoms with van der Waals surface area (Å²) >= 11 is 0. The van der Waals surface area contributed by atoms with Crippen LogP contribution in [0.3, 0.4) is 0 Å². The van der Waals surface area contributed by atoms with E-state index in [-0.39, 0.29) is 23.9 Å². The van der Waals surface area contributed by atoms with Gasteiger partial charge in [0.15, 0.2) is 0 Å². The molecule has 1 aromatic rings. The number of methoxy groups -OCH3 is 2. The number of piperidine rings is 1. The number of hydrogen-bond donors (Lipinski definition) is 2. The molecule has 21 heavy (non-hydrogen) atoms. The van der Waals surface area contributed by atoms with Crippen LogP contribution < -0.4 is 20.1 Å². The second-order valence-electron chi connectivity index (χ2n) is 5.33. The molecule has 6 heteroatoms. The lowest BCUT2D eigenvalue weighted by atomic mass is 9.90. The smallest absolute Gasteiger partial charge is 0.255 e. The highest BCUT2D eigenvalue weighted by Crippen LogP contribution is 2.26. The van der Waals surface area contributed by atoms with Crippen LogP contribution in [0.5, 0.6) is 11.5 Å². The minimum absolute atomic E-state index is 0. The van der Waals surface area contributed by atoms with Gasteiger partial charge in [0.25, 0.3) is 5.91 Å². The lowest BCUT2D eigenvalue weighted by molar-refractivity contribution is 0.0884. The number of ether oxygens (including phenoxy) is 2. The summed E-state index contributed by atoms with van der Waals surface area (Å²) in [6.45, 7) is 3.94. The van der Waals surface area contributed by atoms with Crippen molar-refractivity contribution in [2.75, 3.05) is 27.3 Å². The number of carbonyl (C=O) groups is 1. The van der Waals surface area contributed by atoms with E-state index in [0.29, 0.717) is 17.1 Å². The maximum absolute atomic E-state index is 12.4. The zero-order valence-electron chi connectivity index (χ0n) is 12.7. The molecule has 118 valence electrons. The zero-order valence-corrected chi connectivity index (χ0v) is 13.5. The lowest BCUT2D eigenvalue weighted by Gasteiger charge is -2.35. The van der Waals surface area contributed by atoms with Crippen LogP contribution in [0.1, 0.15) is 30.1 Å². The molecule has 1 fully saturated rings. The first kappa shape index (κ1) is 17.6. The first-order chi connectivity index (χ1) is 9.58. The molecule has 1 amide bonds. The Morgan fingerprint density at radius 3 is 2.48 bits per heavy atom. The van der Waals surface area contributed by atoms with Crippen LogP contribution in [0.15, 0.2) is 18.2 Å². The molecular formula is C15H23ClN2O3. The number of nitrogens with one attached hydrogen (secondary N) is 2. The molecular weight excluding hydrogens is 292 g/mol.